The van der Waals surface area contributed by atoms with Crippen LogP contribution in [0.2, 0.25) is 0 Å². The first kappa shape index (κ1) is 17.7. The van der Waals surface area contributed by atoms with Gasteiger partial charge in [-0.15, -0.1) is 0 Å². The molecule has 0 bridgehead atoms. The number of hydrogen-bond donors (Lipinski definition) is 1. The van der Waals surface area contributed by atoms with Gasteiger partial charge in [-0.25, -0.2) is 0 Å². The molecule has 0 aromatic heterocycles. The van der Waals surface area contributed by atoms with E-state index < -0.39 is 0 Å². The number of hydrogen-bond acceptors (Lipinski definition) is 5. The minimum Gasteiger partial charge on any atom is -0.493 e. The highest BCUT2D eigenvalue weighted by Gasteiger charge is 2.27. The Kier molecular flexibility index (Phi) is 4.66. The summed E-state index contributed by atoms with van der Waals surface area (Å²) in [4.78, 5) is 14.5. The number of rotatable bonds is 2. The van der Waals surface area contributed by atoms with Gasteiger partial charge in [-0.3, -0.25) is 4.79 Å². The van der Waals surface area contributed by atoms with Crippen molar-refractivity contribution in [2.75, 3.05) is 34.6 Å². The number of quaternary nitrogens is 1. The minimum atomic E-state index is 0.0746. The van der Waals surface area contributed by atoms with Crippen molar-refractivity contribution in [2.45, 2.75) is 19.4 Å². The highest BCUT2D eigenvalue weighted by molar-refractivity contribution is 5.99. The van der Waals surface area contributed by atoms with E-state index in [2.05, 4.69) is 7.05 Å². The second-order valence-corrected chi connectivity index (χ2v) is 7.04. The van der Waals surface area contributed by atoms with Gasteiger partial charge in [0.1, 0.15) is 6.54 Å². The molecule has 1 atom stereocenters. The molecule has 0 spiro atoms. The number of nitrogens with one attached hydrogen (secondary N) is 1. The topological polar surface area (TPSA) is 58.4 Å². The van der Waals surface area contributed by atoms with Crippen LogP contribution in [-0.4, -0.2) is 40.4 Å². The summed E-state index contributed by atoms with van der Waals surface area (Å²) in [5, 5.41) is 0. The summed E-state index contributed by atoms with van der Waals surface area (Å²) in [6.45, 7) is 1.91. The Balaban J connectivity index is 1.80. The van der Waals surface area contributed by atoms with E-state index in [9.17, 15) is 4.79 Å². The predicted octanol–water partition coefficient (Wildman–Crippen LogP) is 1.43. The smallest absolute Gasteiger partial charge is 0.231 e. The van der Waals surface area contributed by atoms with E-state index in [1.807, 2.05) is 18.2 Å². The molecule has 142 valence electrons. The maximum Gasteiger partial charge on any atom is 0.231 e. The SMILES string of the molecule is COc1cc2c(cc1OC)C(=O)Cc1ccc3c(c1C[NH+](C)CC2)OCO3. The molecule has 2 heterocycles. The highest BCUT2D eigenvalue weighted by atomic mass is 16.7. The number of carbonyl (C=O) groups is 1. The number of methoxy groups -OCH3 is 2. The van der Waals surface area contributed by atoms with Gasteiger partial charge in [0.15, 0.2) is 28.8 Å². The number of benzene rings is 2. The molecule has 0 aliphatic carbocycles. The van der Waals surface area contributed by atoms with Crippen molar-refractivity contribution in [3.05, 3.63) is 46.5 Å². The van der Waals surface area contributed by atoms with Crippen LogP contribution in [0.5, 0.6) is 23.0 Å². The van der Waals surface area contributed by atoms with Crippen LogP contribution < -0.4 is 23.8 Å². The van der Waals surface area contributed by atoms with Gasteiger partial charge in [0.2, 0.25) is 6.79 Å². The average Bonchev–Trinajstić information content (AvgIpc) is 3.16. The summed E-state index contributed by atoms with van der Waals surface area (Å²) in [7, 11) is 5.36. The van der Waals surface area contributed by atoms with E-state index in [1.54, 1.807) is 20.3 Å². The van der Waals surface area contributed by atoms with Crippen molar-refractivity contribution < 1.29 is 28.6 Å². The van der Waals surface area contributed by atoms with Crippen molar-refractivity contribution in [3.63, 3.8) is 0 Å². The van der Waals surface area contributed by atoms with Gasteiger partial charge < -0.3 is 23.8 Å². The monoisotopic (exact) mass is 370 g/mol. The van der Waals surface area contributed by atoms with Crippen LogP contribution in [0.25, 0.3) is 0 Å². The highest BCUT2D eigenvalue weighted by Crippen LogP contribution is 2.38. The summed E-state index contributed by atoms with van der Waals surface area (Å²) in [6, 6.07) is 7.61. The van der Waals surface area contributed by atoms with Gasteiger partial charge in [0.25, 0.3) is 0 Å². The van der Waals surface area contributed by atoms with Crippen LogP contribution in [0.1, 0.15) is 27.0 Å². The zero-order valence-electron chi connectivity index (χ0n) is 15.9. The van der Waals surface area contributed by atoms with E-state index in [0.717, 1.165) is 47.7 Å². The summed E-state index contributed by atoms with van der Waals surface area (Å²) in [5.41, 5.74) is 3.76. The number of ether oxygens (including phenoxy) is 4. The number of likely N-dealkylation sites (N-methyl/N-ethyl adjacent to an activating group) is 1. The van der Waals surface area contributed by atoms with Crippen molar-refractivity contribution in [1.82, 2.24) is 0 Å². The Morgan fingerprint density at radius 3 is 2.59 bits per heavy atom. The molecule has 2 aliphatic heterocycles. The van der Waals surface area contributed by atoms with E-state index in [-0.39, 0.29) is 12.6 Å². The predicted molar refractivity (Wildman–Crippen MR) is 99.3 cm³/mol. The zero-order chi connectivity index (χ0) is 19.0. The Bertz CT molecular complexity index is 893. The molecular formula is C21H24NO5+. The molecule has 0 fully saturated rings. The number of carbonyl (C=O) groups excluding carboxylic acids is 1. The zero-order valence-corrected chi connectivity index (χ0v) is 15.9. The average molecular weight is 370 g/mol. The normalized spacial score (nSPS) is 18.5. The molecule has 6 nitrogen and oxygen atoms in total. The molecule has 0 saturated heterocycles. The van der Waals surface area contributed by atoms with Crippen LogP contribution in [0.3, 0.4) is 0 Å². The lowest BCUT2D eigenvalue weighted by molar-refractivity contribution is -0.893. The summed E-state index contributed by atoms with van der Waals surface area (Å²) in [6.07, 6.45) is 1.11. The third kappa shape index (κ3) is 3.21. The van der Waals surface area contributed by atoms with Gasteiger partial charge in [-0.2, -0.15) is 0 Å². The van der Waals surface area contributed by atoms with Crippen LogP contribution in [0.15, 0.2) is 24.3 Å². The molecule has 1 unspecified atom stereocenters. The van der Waals surface area contributed by atoms with Gasteiger partial charge in [-0.05, 0) is 29.3 Å². The van der Waals surface area contributed by atoms with Crippen LogP contribution in [-0.2, 0) is 19.4 Å². The van der Waals surface area contributed by atoms with E-state index in [4.69, 9.17) is 18.9 Å². The van der Waals surface area contributed by atoms with Gasteiger partial charge in [-0.1, -0.05) is 6.07 Å². The fourth-order valence-electron chi connectivity index (χ4n) is 3.82. The third-order valence-corrected chi connectivity index (χ3v) is 5.30. The lowest BCUT2D eigenvalue weighted by atomic mass is 9.92. The van der Waals surface area contributed by atoms with E-state index in [1.165, 1.54) is 4.90 Å². The summed E-state index contributed by atoms with van der Waals surface area (Å²) >= 11 is 0. The Labute approximate surface area is 158 Å². The fourth-order valence-corrected chi connectivity index (χ4v) is 3.82. The van der Waals surface area contributed by atoms with E-state index in [0.29, 0.717) is 23.5 Å². The van der Waals surface area contributed by atoms with Crippen molar-refractivity contribution >= 4 is 5.78 Å². The largest absolute Gasteiger partial charge is 0.493 e. The molecule has 4 rings (SSSR count). The van der Waals surface area contributed by atoms with Gasteiger partial charge in [0, 0.05) is 18.4 Å². The molecule has 6 heteroatoms. The molecule has 0 radical (unpaired) electrons. The molecule has 0 saturated carbocycles. The standard InChI is InChI=1S/C21H23NO5/c1-22-7-6-14-9-19(24-2)20(25-3)10-15(14)17(23)8-13-4-5-18-21(16(13)11-22)27-12-26-18/h4-5,9-10H,6-8,11-12H2,1-3H3/p+1. The quantitative estimate of drug-likeness (QED) is 0.867. The molecule has 2 aromatic rings. The lowest BCUT2D eigenvalue weighted by Crippen LogP contribution is -3.07. The Morgan fingerprint density at radius 2 is 1.81 bits per heavy atom. The van der Waals surface area contributed by atoms with Gasteiger partial charge in [0.05, 0.1) is 33.4 Å². The van der Waals surface area contributed by atoms with Crippen molar-refractivity contribution in [1.29, 1.82) is 0 Å². The molecule has 2 aliphatic rings. The van der Waals surface area contributed by atoms with Crippen LogP contribution in [0, 0.1) is 0 Å². The summed E-state index contributed by atoms with van der Waals surface area (Å²) in [5.74, 6) is 2.85. The molecule has 27 heavy (non-hydrogen) atoms. The summed E-state index contributed by atoms with van der Waals surface area (Å²) < 4.78 is 22.1. The van der Waals surface area contributed by atoms with Crippen molar-refractivity contribution in [3.8, 4) is 23.0 Å². The molecule has 2 aromatic carbocycles. The number of Topliss-reactive ketones (excluding diaryl/α,β-unsaturated/α-hetero) is 1. The first-order valence-electron chi connectivity index (χ1n) is 9.10. The second-order valence-electron chi connectivity index (χ2n) is 7.04. The maximum absolute atomic E-state index is 13.2. The molecule has 1 N–H and O–H groups in total. The number of fused-ring (bicyclic) bond motifs is 4. The lowest BCUT2D eigenvalue weighted by Gasteiger charge is -2.21. The first-order chi connectivity index (χ1) is 13.1. The van der Waals surface area contributed by atoms with Crippen molar-refractivity contribution in [2.24, 2.45) is 0 Å². The molecular weight excluding hydrogens is 346 g/mol. The maximum atomic E-state index is 13.2. The van der Waals surface area contributed by atoms with E-state index >= 15 is 0 Å². The molecule has 0 amide bonds. The fraction of sp³-hybridized carbons (Fsp3) is 0.381. The van der Waals surface area contributed by atoms with Gasteiger partial charge >= 0.3 is 0 Å². The van der Waals surface area contributed by atoms with Crippen LogP contribution in [0.4, 0.5) is 0 Å². The first-order valence-corrected chi connectivity index (χ1v) is 9.10. The number of ketones is 1. The Morgan fingerprint density at radius 1 is 1.04 bits per heavy atom. The Hall–Kier alpha value is -2.73. The second kappa shape index (κ2) is 7.12. The van der Waals surface area contributed by atoms with Crippen LogP contribution >= 0.6 is 0 Å². The minimum absolute atomic E-state index is 0.0746. The third-order valence-electron chi connectivity index (χ3n) is 5.30.